The number of amides is 1. The number of nitrogens with one attached hydrogen (secondary N) is 1. The third-order valence-corrected chi connectivity index (χ3v) is 3.26. The largest absolute Gasteiger partial charge is 0.388 e. The lowest BCUT2D eigenvalue weighted by Gasteiger charge is -2.21. The highest BCUT2D eigenvalue weighted by Crippen LogP contribution is 2.13. The van der Waals surface area contributed by atoms with E-state index in [4.69, 9.17) is 0 Å². The second-order valence-corrected chi connectivity index (χ2v) is 4.94. The van der Waals surface area contributed by atoms with Crippen LogP contribution in [-0.2, 0) is 0 Å². The van der Waals surface area contributed by atoms with E-state index in [1.165, 1.54) is 0 Å². The highest BCUT2D eigenvalue weighted by molar-refractivity contribution is 5.97. The molecule has 4 nitrogen and oxygen atoms in total. The van der Waals surface area contributed by atoms with Crippen molar-refractivity contribution < 1.29 is 9.90 Å². The molecule has 1 atom stereocenters. The van der Waals surface area contributed by atoms with Crippen molar-refractivity contribution in [3.8, 4) is 0 Å². The van der Waals surface area contributed by atoms with E-state index in [2.05, 4.69) is 10.3 Å². The first-order valence-corrected chi connectivity index (χ1v) is 6.37. The number of hydrogen-bond acceptors (Lipinski definition) is 3. The summed E-state index contributed by atoms with van der Waals surface area (Å²) in [5.74, 6) is -0.181. The zero-order valence-corrected chi connectivity index (χ0v) is 11.2. The van der Waals surface area contributed by atoms with E-state index in [9.17, 15) is 9.90 Å². The first-order valence-electron chi connectivity index (χ1n) is 6.37. The Morgan fingerprint density at radius 3 is 2.95 bits per heavy atom. The van der Waals surface area contributed by atoms with E-state index in [-0.39, 0.29) is 12.5 Å². The maximum Gasteiger partial charge on any atom is 0.251 e. The molecule has 0 aliphatic carbocycles. The number of aromatic nitrogens is 1. The van der Waals surface area contributed by atoms with Crippen molar-refractivity contribution in [3.63, 3.8) is 0 Å². The molecule has 1 aromatic heterocycles. The summed E-state index contributed by atoms with van der Waals surface area (Å²) in [6.45, 7) is 3.83. The Bertz CT molecular complexity index is 593. The summed E-state index contributed by atoms with van der Waals surface area (Å²) in [4.78, 5) is 16.2. The van der Waals surface area contributed by atoms with Gasteiger partial charge in [0.05, 0.1) is 11.1 Å². The van der Waals surface area contributed by atoms with E-state index < -0.39 is 5.60 Å². The minimum absolute atomic E-state index is 0.181. The van der Waals surface area contributed by atoms with Gasteiger partial charge in [-0.15, -0.1) is 0 Å². The molecule has 4 heteroatoms. The zero-order chi connectivity index (χ0) is 13.9. The van der Waals surface area contributed by atoms with Crippen LogP contribution in [0.5, 0.6) is 0 Å². The van der Waals surface area contributed by atoms with Gasteiger partial charge in [-0.25, -0.2) is 0 Å². The Morgan fingerprint density at radius 1 is 1.42 bits per heavy atom. The molecule has 1 heterocycles. The van der Waals surface area contributed by atoms with Gasteiger partial charge in [-0.1, -0.05) is 13.0 Å². The van der Waals surface area contributed by atoms with Gasteiger partial charge in [0.2, 0.25) is 0 Å². The SMILES string of the molecule is CCC(C)(O)CNC(=O)c1ccc2ncccc2c1. The predicted molar refractivity (Wildman–Crippen MR) is 75.0 cm³/mol. The monoisotopic (exact) mass is 258 g/mol. The van der Waals surface area contributed by atoms with Crippen molar-refractivity contribution in [3.05, 3.63) is 42.1 Å². The van der Waals surface area contributed by atoms with Gasteiger partial charge < -0.3 is 10.4 Å². The molecule has 0 fully saturated rings. The van der Waals surface area contributed by atoms with E-state index in [0.29, 0.717) is 12.0 Å². The highest BCUT2D eigenvalue weighted by atomic mass is 16.3. The summed E-state index contributed by atoms with van der Waals surface area (Å²) in [6, 6.07) is 9.12. The lowest BCUT2D eigenvalue weighted by atomic mass is 10.0. The van der Waals surface area contributed by atoms with Crippen LogP contribution in [0.1, 0.15) is 30.6 Å². The van der Waals surface area contributed by atoms with Crippen molar-refractivity contribution in [1.82, 2.24) is 10.3 Å². The second-order valence-electron chi connectivity index (χ2n) is 4.94. The number of carbonyl (C=O) groups excluding carboxylic acids is 1. The number of benzene rings is 1. The highest BCUT2D eigenvalue weighted by Gasteiger charge is 2.18. The average molecular weight is 258 g/mol. The molecule has 0 aliphatic heterocycles. The summed E-state index contributed by atoms with van der Waals surface area (Å²) in [7, 11) is 0. The topological polar surface area (TPSA) is 62.2 Å². The lowest BCUT2D eigenvalue weighted by Crippen LogP contribution is -2.40. The molecule has 1 amide bonds. The fourth-order valence-electron chi connectivity index (χ4n) is 1.71. The fraction of sp³-hybridized carbons (Fsp3) is 0.333. The molecule has 0 saturated heterocycles. The van der Waals surface area contributed by atoms with Crippen LogP contribution in [-0.4, -0.2) is 28.1 Å². The molecular weight excluding hydrogens is 240 g/mol. The number of fused-ring (bicyclic) bond motifs is 1. The molecule has 0 aliphatic rings. The Morgan fingerprint density at radius 2 is 2.21 bits per heavy atom. The van der Waals surface area contributed by atoms with Crippen LogP contribution in [0.25, 0.3) is 10.9 Å². The average Bonchev–Trinajstić information content (AvgIpc) is 2.44. The molecule has 0 saturated carbocycles. The van der Waals surface area contributed by atoms with Gasteiger partial charge in [0.1, 0.15) is 0 Å². The number of aliphatic hydroxyl groups is 1. The summed E-state index contributed by atoms with van der Waals surface area (Å²) in [5.41, 5.74) is 0.570. The van der Waals surface area contributed by atoms with Crippen molar-refractivity contribution in [2.75, 3.05) is 6.54 Å². The van der Waals surface area contributed by atoms with Gasteiger partial charge in [0, 0.05) is 23.7 Å². The van der Waals surface area contributed by atoms with Crippen molar-refractivity contribution >= 4 is 16.8 Å². The van der Waals surface area contributed by atoms with Gasteiger partial charge in [-0.2, -0.15) is 0 Å². The van der Waals surface area contributed by atoms with Crippen molar-refractivity contribution in [1.29, 1.82) is 0 Å². The molecule has 0 bridgehead atoms. The molecule has 19 heavy (non-hydrogen) atoms. The normalized spacial score (nSPS) is 14.1. The first kappa shape index (κ1) is 13.5. The molecule has 0 spiro atoms. The van der Waals surface area contributed by atoms with Crippen LogP contribution in [0.4, 0.5) is 0 Å². The number of rotatable bonds is 4. The molecule has 2 rings (SSSR count). The molecule has 0 radical (unpaired) electrons. The van der Waals surface area contributed by atoms with Crippen LogP contribution < -0.4 is 5.32 Å². The third-order valence-electron chi connectivity index (χ3n) is 3.26. The Hall–Kier alpha value is -1.94. The summed E-state index contributed by atoms with van der Waals surface area (Å²) >= 11 is 0. The second kappa shape index (κ2) is 5.36. The molecule has 2 N–H and O–H groups in total. The number of nitrogens with zero attached hydrogens (tertiary/aromatic N) is 1. The molecule has 100 valence electrons. The first-order chi connectivity index (χ1) is 9.02. The van der Waals surface area contributed by atoms with Gasteiger partial charge in [-0.3, -0.25) is 9.78 Å². The van der Waals surface area contributed by atoms with Crippen molar-refractivity contribution in [2.45, 2.75) is 25.9 Å². The van der Waals surface area contributed by atoms with Gasteiger partial charge in [0.25, 0.3) is 5.91 Å². The van der Waals surface area contributed by atoms with Gasteiger partial charge >= 0.3 is 0 Å². The van der Waals surface area contributed by atoms with Crippen molar-refractivity contribution in [2.24, 2.45) is 0 Å². The lowest BCUT2D eigenvalue weighted by molar-refractivity contribution is 0.0518. The molecule has 1 unspecified atom stereocenters. The Kier molecular flexibility index (Phi) is 3.81. The number of carbonyl (C=O) groups is 1. The van der Waals surface area contributed by atoms with E-state index >= 15 is 0 Å². The Balaban J connectivity index is 2.13. The number of hydrogen-bond donors (Lipinski definition) is 2. The summed E-state index contributed by atoms with van der Waals surface area (Å²) in [5, 5.41) is 13.5. The summed E-state index contributed by atoms with van der Waals surface area (Å²) in [6.07, 6.45) is 2.31. The maximum absolute atomic E-state index is 12.0. The van der Waals surface area contributed by atoms with Gasteiger partial charge in [0.15, 0.2) is 0 Å². The van der Waals surface area contributed by atoms with Crippen LogP contribution in [0, 0.1) is 0 Å². The summed E-state index contributed by atoms with van der Waals surface area (Å²) < 4.78 is 0. The minimum Gasteiger partial charge on any atom is -0.388 e. The number of pyridine rings is 1. The molecule has 2 aromatic rings. The standard InChI is InChI=1S/C15H18N2O2/c1-3-15(2,19)10-17-14(18)12-6-7-13-11(9-12)5-4-8-16-13/h4-9,19H,3,10H2,1-2H3,(H,17,18). The molecule has 1 aromatic carbocycles. The minimum atomic E-state index is -0.867. The zero-order valence-electron chi connectivity index (χ0n) is 11.2. The Labute approximate surface area is 112 Å². The van der Waals surface area contributed by atoms with Crippen LogP contribution in [0.3, 0.4) is 0 Å². The van der Waals surface area contributed by atoms with E-state index in [1.54, 1.807) is 25.3 Å². The van der Waals surface area contributed by atoms with Gasteiger partial charge in [-0.05, 0) is 37.6 Å². The predicted octanol–water partition coefficient (Wildman–Crippen LogP) is 2.13. The smallest absolute Gasteiger partial charge is 0.251 e. The van der Waals surface area contributed by atoms with E-state index in [1.807, 2.05) is 25.1 Å². The van der Waals surface area contributed by atoms with Crippen LogP contribution >= 0.6 is 0 Å². The quantitative estimate of drug-likeness (QED) is 0.883. The van der Waals surface area contributed by atoms with Crippen LogP contribution in [0.15, 0.2) is 36.5 Å². The third kappa shape index (κ3) is 3.29. The molecular formula is C15H18N2O2. The maximum atomic E-state index is 12.0. The van der Waals surface area contributed by atoms with E-state index in [0.717, 1.165) is 10.9 Å². The fourth-order valence-corrected chi connectivity index (χ4v) is 1.71. The van der Waals surface area contributed by atoms with Crippen LogP contribution in [0.2, 0.25) is 0 Å².